The number of imidazole rings is 2. The Labute approximate surface area is 230 Å². The lowest BCUT2D eigenvalue weighted by atomic mass is 9.79. The Morgan fingerprint density at radius 3 is 1.77 bits per heavy atom. The number of benzene rings is 3. The van der Waals surface area contributed by atoms with Gasteiger partial charge in [0.05, 0.1) is 11.4 Å². The van der Waals surface area contributed by atoms with Crippen molar-refractivity contribution in [3.63, 3.8) is 0 Å². The minimum atomic E-state index is 0.0233. The van der Waals surface area contributed by atoms with Crippen LogP contribution in [0.25, 0.3) is 44.4 Å². The van der Waals surface area contributed by atoms with Gasteiger partial charge in [0.2, 0.25) is 0 Å². The Balaban J connectivity index is 1.24. The summed E-state index contributed by atoms with van der Waals surface area (Å²) in [6.45, 7) is 11.1. The van der Waals surface area contributed by atoms with Gasteiger partial charge in [-0.05, 0) is 101 Å². The number of nitrogens with zero attached hydrogens (tertiary/aromatic N) is 2. The number of fused-ring (bicyclic) bond motifs is 10. The molecule has 3 aromatic carbocycles. The molecule has 0 aliphatic heterocycles. The van der Waals surface area contributed by atoms with Gasteiger partial charge in [-0.15, -0.1) is 0 Å². The maximum absolute atomic E-state index is 5.09. The molecule has 3 aliphatic rings. The van der Waals surface area contributed by atoms with Crippen molar-refractivity contribution in [3.05, 3.63) is 81.7 Å². The summed E-state index contributed by atoms with van der Waals surface area (Å²) in [6, 6.07) is 14.7. The molecule has 2 heterocycles. The molecule has 2 aromatic heterocycles. The van der Waals surface area contributed by atoms with Gasteiger partial charge in [-0.2, -0.15) is 0 Å². The van der Waals surface area contributed by atoms with E-state index in [1.807, 2.05) is 0 Å². The lowest BCUT2D eigenvalue weighted by Gasteiger charge is -2.25. The van der Waals surface area contributed by atoms with Crippen molar-refractivity contribution in [1.29, 1.82) is 0 Å². The number of hydrogen-bond acceptors (Lipinski definition) is 2. The van der Waals surface area contributed by atoms with Crippen molar-refractivity contribution in [3.8, 4) is 33.6 Å². The third kappa shape index (κ3) is 3.50. The van der Waals surface area contributed by atoms with Crippen LogP contribution in [0.1, 0.15) is 85.8 Å². The lowest BCUT2D eigenvalue weighted by molar-refractivity contribution is 0.551. The average molecular weight is 513 g/mol. The SMILES string of the molecule is CC(C)c1nc2c([nH]1)CCc1cc3c(cc1-2)CCc1cc2cc4c(cc2cc1-3)CCc1[nH]c(C(C)(C)C)nc1-4. The van der Waals surface area contributed by atoms with Gasteiger partial charge in [0.1, 0.15) is 11.6 Å². The van der Waals surface area contributed by atoms with Gasteiger partial charge in [0.15, 0.2) is 0 Å². The number of aryl methyl sites for hydroxylation is 6. The summed E-state index contributed by atoms with van der Waals surface area (Å²) in [5.74, 6) is 2.62. The van der Waals surface area contributed by atoms with Crippen LogP contribution in [0.15, 0.2) is 36.4 Å². The van der Waals surface area contributed by atoms with Gasteiger partial charge in [0, 0.05) is 33.8 Å². The predicted octanol–water partition coefficient (Wildman–Crippen LogP) is 8.00. The molecule has 8 rings (SSSR count). The first-order valence-electron chi connectivity index (χ1n) is 14.7. The Morgan fingerprint density at radius 2 is 1.08 bits per heavy atom. The molecular weight excluding hydrogens is 476 g/mol. The van der Waals surface area contributed by atoms with Crippen molar-refractivity contribution in [2.24, 2.45) is 0 Å². The second-order valence-electron chi connectivity index (χ2n) is 13.3. The predicted molar refractivity (Wildman–Crippen MR) is 160 cm³/mol. The van der Waals surface area contributed by atoms with Crippen molar-refractivity contribution in [2.75, 3.05) is 0 Å². The summed E-state index contributed by atoms with van der Waals surface area (Å²) in [4.78, 5) is 17.4. The van der Waals surface area contributed by atoms with Gasteiger partial charge >= 0.3 is 0 Å². The van der Waals surface area contributed by atoms with Crippen LogP contribution >= 0.6 is 0 Å². The monoisotopic (exact) mass is 512 g/mol. The molecule has 39 heavy (non-hydrogen) atoms. The van der Waals surface area contributed by atoms with E-state index < -0.39 is 0 Å². The highest BCUT2D eigenvalue weighted by Gasteiger charge is 2.28. The van der Waals surface area contributed by atoms with Gasteiger partial charge in [0.25, 0.3) is 0 Å². The first-order chi connectivity index (χ1) is 18.7. The van der Waals surface area contributed by atoms with Crippen LogP contribution in [0.4, 0.5) is 0 Å². The standard InChI is InChI=1S/C35H36N4/c1-18(2)33-36-29-10-9-22-14-25-21(15-27(22)31(29)38-33)7-6-19-12-24-17-28-20(13-23(24)16-26(19)25)8-11-30-32(28)39-34(37-30)35(3,4)5/h12-18H,6-11H2,1-5H3,(H,36,38)(H,37,39). The van der Waals surface area contributed by atoms with E-state index in [9.17, 15) is 0 Å². The number of aromatic nitrogens is 4. The van der Waals surface area contributed by atoms with E-state index in [4.69, 9.17) is 9.97 Å². The van der Waals surface area contributed by atoms with Crippen molar-refractivity contribution in [2.45, 2.75) is 84.5 Å². The zero-order valence-corrected chi connectivity index (χ0v) is 23.7. The first-order valence-corrected chi connectivity index (χ1v) is 14.7. The molecular formula is C35H36N4. The lowest BCUT2D eigenvalue weighted by Crippen LogP contribution is -2.13. The van der Waals surface area contributed by atoms with E-state index in [1.54, 1.807) is 0 Å². The number of nitrogens with one attached hydrogen (secondary N) is 2. The second kappa shape index (κ2) is 7.94. The molecule has 4 nitrogen and oxygen atoms in total. The van der Waals surface area contributed by atoms with Gasteiger partial charge in [-0.1, -0.05) is 52.8 Å². The Bertz CT molecular complexity index is 1820. The third-order valence-corrected chi connectivity index (χ3v) is 9.20. The largest absolute Gasteiger partial charge is 0.345 e. The smallest absolute Gasteiger partial charge is 0.112 e. The molecule has 3 aliphatic carbocycles. The molecule has 0 saturated heterocycles. The summed E-state index contributed by atoms with van der Waals surface area (Å²) in [5, 5.41) is 2.69. The van der Waals surface area contributed by atoms with Crippen LogP contribution in [0.2, 0.25) is 0 Å². The maximum atomic E-state index is 5.09. The van der Waals surface area contributed by atoms with E-state index in [-0.39, 0.29) is 5.41 Å². The van der Waals surface area contributed by atoms with E-state index in [0.29, 0.717) is 5.92 Å². The normalized spacial score (nSPS) is 15.4. The fraction of sp³-hybridized carbons (Fsp3) is 0.371. The Kier molecular flexibility index (Phi) is 4.73. The Morgan fingerprint density at radius 1 is 0.590 bits per heavy atom. The van der Waals surface area contributed by atoms with Crippen LogP contribution in [-0.2, 0) is 43.9 Å². The summed E-state index contributed by atoms with van der Waals surface area (Å²) in [5.41, 5.74) is 16.3. The van der Waals surface area contributed by atoms with Crippen molar-refractivity contribution < 1.29 is 0 Å². The van der Waals surface area contributed by atoms with Crippen LogP contribution in [-0.4, -0.2) is 19.9 Å². The molecule has 0 radical (unpaired) electrons. The molecule has 0 unspecified atom stereocenters. The highest BCUT2D eigenvalue weighted by Crippen LogP contribution is 2.44. The minimum Gasteiger partial charge on any atom is -0.345 e. The second-order valence-corrected chi connectivity index (χ2v) is 13.3. The van der Waals surface area contributed by atoms with E-state index in [0.717, 1.165) is 55.9 Å². The van der Waals surface area contributed by atoms with E-state index in [2.05, 4.69) is 81.0 Å². The third-order valence-electron chi connectivity index (χ3n) is 9.20. The molecule has 0 saturated carbocycles. The van der Waals surface area contributed by atoms with Gasteiger partial charge in [-0.3, -0.25) is 0 Å². The quantitative estimate of drug-likeness (QED) is 0.239. The molecule has 0 bridgehead atoms. The van der Waals surface area contributed by atoms with E-state index in [1.165, 1.54) is 72.4 Å². The molecule has 4 heteroatoms. The van der Waals surface area contributed by atoms with Crippen LogP contribution in [0.5, 0.6) is 0 Å². The Hall–Kier alpha value is -3.66. The van der Waals surface area contributed by atoms with E-state index >= 15 is 0 Å². The zero-order chi connectivity index (χ0) is 26.6. The van der Waals surface area contributed by atoms with Crippen LogP contribution < -0.4 is 0 Å². The highest BCUT2D eigenvalue weighted by atomic mass is 15.0. The first kappa shape index (κ1) is 23.2. The maximum Gasteiger partial charge on any atom is 0.112 e. The zero-order valence-electron chi connectivity index (χ0n) is 23.7. The average Bonchev–Trinajstić information content (AvgIpc) is 3.55. The fourth-order valence-electron chi connectivity index (χ4n) is 6.97. The molecule has 196 valence electrons. The number of rotatable bonds is 1. The number of hydrogen-bond donors (Lipinski definition) is 2. The summed E-state index contributed by atoms with van der Waals surface area (Å²) >= 11 is 0. The van der Waals surface area contributed by atoms with Crippen molar-refractivity contribution in [1.82, 2.24) is 19.9 Å². The van der Waals surface area contributed by atoms with Gasteiger partial charge < -0.3 is 9.97 Å². The highest BCUT2D eigenvalue weighted by molar-refractivity contribution is 5.95. The fourth-order valence-corrected chi connectivity index (χ4v) is 6.97. The number of aromatic amines is 2. The van der Waals surface area contributed by atoms with Gasteiger partial charge in [-0.25, -0.2) is 9.97 Å². The molecule has 0 atom stereocenters. The van der Waals surface area contributed by atoms with Crippen LogP contribution in [0.3, 0.4) is 0 Å². The summed E-state index contributed by atoms with van der Waals surface area (Å²) in [6.07, 6.45) is 6.39. The molecule has 0 spiro atoms. The molecule has 2 N–H and O–H groups in total. The number of H-pyrrole nitrogens is 2. The molecule has 0 fully saturated rings. The van der Waals surface area contributed by atoms with Crippen LogP contribution in [0, 0.1) is 0 Å². The summed E-state index contributed by atoms with van der Waals surface area (Å²) < 4.78 is 0. The summed E-state index contributed by atoms with van der Waals surface area (Å²) in [7, 11) is 0. The topological polar surface area (TPSA) is 57.4 Å². The van der Waals surface area contributed by atoms with Crippen molar-refractivity contribution >= 4 is 10.8 Å². The molecule has 0 amide bonds. The molecule has 5 aromatic rings. The minimum absolute atomic E-state index is 0.0233.